The maximum absolute atomic E-state index is 3.59. The van der Waals surface area contributed by atoms with Crippen molar-refractivity contribution in [3.05, 3.63) is 0 Å². The first-order valence-electron chi connectivity index (χ1n) is 6.21. The van der Waals surface area contributed by atoms with Gasteiger partial charge in [-0.3, -0.25) is 0 Å². The third-order valence-electron chi connectivity index (χ3n) is 4.06. The van der Waals surface area contributed by atoms with Gasteiger partial charge >= 0.3 is 0 Å². The van der Waals surface area contributed by atoms with Crippen LogP contribution >= 0.6 is 0 Å². The van der Waals surface area contributed by atoms with E-state index in [1.807, 2.05) is 0 Å². The standard InChI is InChI=1S/C12H24N2/c1-10-5-7-14(8-11(10)2)9-12-4-3-6-13-12/h10-13H,3-9H2,1-2H3/t10?,11?,12-/m1/s1. The number of hydrogen-bond acceptors (Lipinski definition) is 2. The van der Waals surface area contributed by atoms with Crippen molar-refractivity contribution in [1.82, 2.24) is 10.2 Å². The summed E-state index contributed by atoms with van der Waals surface area (Å²) in [5, 5.41) is 3.59. The van der Waals surface area contributed by atoms with Crippen molar-refractivity contribution in [1.29, 1.82) is 0 Å². The lowest BCUT2D eigenvalue weighted by Gasteiger charge is -2.36. The number of rotatable bonds is 2. The summed E-state index contributed by atoms with van der Waals surface area (Å²) in [6.07, 6.45) is 4.17. The SMILES string of the molecule is CC1CCN(C[C@H]2CCCN2)CC1C. The molecule has 2 fully saturated rings. The van der Waals surface area contributed by atoms with Crippen molar-refractivity contribution >= 4 is 0 Å². The Morgan fingerprint density at radius 2 is 2.07 bits per heavy atom. The quantitative estimate of drug-likeness (QED) is 0.723. The Hall–Kier alpha value is -0.0800. The highest BCUT2D eigenvalue weighted by Gasteiger charge is 2.25. The van der Waals surface area contributed by atoms with E-state index in [0.29, 0.717) is 0 Å². The van der Waals surface area contributed by atoms with E-state index in [9.17, 15) is 0 Å². The van der Waals surface area contributed by atoms with Gasteiger partial charge in [0.05, 0.1) is 0 Å². The zero-order valence-electron chi connectivity index (χ0n) is 9.63. The fourth-order valence-electron chi connectivity index (χ4n) is 2.74. The molecule has 2 aliphatic rings. The molecule has 0 bridgehead atoms. The van der Waals surface area contributed by atoms with E-state index in [2.05, 4.69) is 24.1 Å². The Morgan fingerprint density at radius 1 is 1.21 bits per heavy atom. The third-order valence-corrected chi connectivity index (χ3v) is 4.06. The number of likely N-dealkylation sites (tertiary alicyclic amines) is 1. The van der Waals surface area contributed by atoms with Crippen LogP contribution in [0.2, 0.25) is 0 Å². The summed E-state index contributed by atoms with van der Waals surface area (Å²) >= 11 is 0. The maximum atomic E-state index is 3.59. The molecule has 3 atom stereocenters. The minimum atomic E-state index is 0.788. The van der Waals surface area contributed by atoms with Gasteiger partial charge in [0.25, 0.3) is 0 Å². The van der Waals surface area contributed by atoms with Gasteiger partial charge in [-0.15, -0.1) is 0 Å². The van der Waals surface area contributed by atoms with Crippen LogP contribution in [0, 0.1) is 11.8 Å². The molecule has 0 aliphatic carbocycles. The first kappa shape index (κ1) is 10.4. The third kappa shape index (κ3) is 2.48. The highest BCUT2D eigenvalue weighted by atomic mass is 15.2. The molecule has 2 saturated heterocycles. The normalized spacial score (nSPS) is 40.3. The Kier molecular flexibility index (Phi) is 3.45. The first-order valence-corrected chi connectivity index (χ1v) is 6.21. The highest BCUT2D eigenvalue weighted by molar-refractivity contribution is 4.82. The summed E-state index contributed by atoms with van der Waals surface area (Å²) < 4.78 is 0. The molecular formula is C12H24N2. The molecule has 0 saturated carbocycles. The van der Waals surface area contributed by atoms with E-state index in [-0.39, 0.29) is 0 Å². The van der Waals surface area contributed by atoms with Crippen LogP contribution < -0.4 is 5.32 Å². The zero-order chi connectivity index (χ0) is 9.97. The van der Waals surface area contributed by atoms with Crippen molar-refractivity contribution in [2.24, 2.45) is 11.8 Å². The van der Waals surface area contributed by atoms with Crippen molar-refractivity contribution in [2.75, 3.05) is 26.2 Å². The predicted octanol–water partition coefficient (Wildman–Crippen LogP) is 1.72. The summed E-state index contributed by atoms with van der Waals surface area (Å²) in [6.45, 7) is 9.97. The molecule has 0 amide bonds. The highest BCUT2D eigenvalue weighted by Crippen LogP contribution is 2.23. The topological polar surface area (TPSA) is 15.3 Å². The largest absolute Gasteiger partial charge is 0.313 e. The van der Waals surface area contributed by atoms with E-state index in [4.69, 9.17) is 0 Å². The van der Waals surface area contributed by atoms with Crippen molar-refractivity contribution in [3.8, 4) is 0 Å². The summed E-state index contributed by atoms with van der Waals surface area (Å²) in [5.41, 5.74) is 0. The molecule has 0 aromatic heterocycles. The van der Waals surface area contributed by atoms with E-state index in [0.717, 1.165) is 17.9 Å². The van der Waals surface area contributed by atoms with Crippen LogP contribution in [-0.2, 0) is 0 Å². The molecule has 0 radical (unpaired) electrons. The minimum absolute atomic E-state index is 0.788. The average molecular weight is 196 g/mol. The second kappa shape index (κ2) is 4.63. The predicted molar refractivity (Wildman–Crippen MR) is 60.4 cm³/mol. The number of nitrogens with zero attached hydrogens (tertiary/aromatic N) is 1. The Labute approximate surface area is 88.1 Å². The van der Waals surface area contributed by atoms with Crippen LogP contribution in [0.15, 0.2) is 0 Å². The zero-order valence-corrected chi connectivity index (χ0v) is 9.63. The van der Waals surface area contributed by atoms with Gasteiger partial charge in [0, 0.05) is 19.1 Å². The summed E-state index contributed by atoms with van der Waals surface area (Å²) in [5.74, 6) is 1.83. The van der Waals surface area contributed by atoms with Gasteiger partial charge in [-0.2, -0.15) is 0 Å². The van der Waals surface area contributed by atoms with Crippen molar-refractivity contribution in [2.45, 2.75) is 39.2 Å². The molecule has 1 N–H and O–H groups in total. The molecule has 2 heteroatoms. The first-order chi connectivity index (χ1) is 6.75. The molecule has 2 aliphatic heterocycles. The van der Waals surface area contributed by atoms with Crippen LogP contribution in [0.4, 0.5) is 0 Å². The lowest BCUT2D eigenvalue weighted by atomic mass is 9.88. The lowest BCUT2D eigenvalue weighted by molar-refractivity contribution is 0.129. The summed E-state index contributed by atoms with van der Waals surface area (Å²) in [4.78, 5) is 2.66. The van der Waals surface area contributed by atoms with Gasteiger partial charge in [0.15, 0.2) is 0 Å². The lowest BCUT2D eigenvalue weighted by Crippen LogP contribution is -2.44. The van der Waals surface area contributed by atoms with Crippen LogP contribution in [-0.4, -0.2) is 37.1 Å². The van der Waals surface area contributed by atoms with E-state index >= 15 is 0 Å². The van der Waals surface area contributed by atoms with Crippen LogP contribution in [0.5, 0.6) is 0 Å². The minimum Gasteiger partial charge on any atom is -0.313 e. The Balaban J connectivity index is 1.75. The molecule has 2 heterocycles. The van der Waals surface area contributed by atoms with Crippen LogP contribution in [0.25, 0.3) is 0 Å². The molecule has 0 aromatic carbocycles. The second-order valence-corrected chi connectivity index (χ2v) is 5.30. The molecule has 82 valence electrons. The van der Waals surface area contributed by atoms with E-state index in [1.165, 1.54) is 45.4 Å². The molecule has 2 rings (SSSR count). The van der Waals surface area contributed by atoms with E-state index < -0.39 is 0 Å². The van der Waals surface area contributed by atoms with E-state index in [1.54, 1.807) is 0 Å². The molecule has 2 unspecified atom stereocenters. The average Bonchev–Trinajstić information content (AvgIpc) is 2.64. The Bertz CT molecular complexity index is 175. The number of piperidine rings is 1. The molecule has 14 heavy (non-hydrogen) atoms. The second-order valence-electron chi connectivity index (χ2n) is 5.30. The summed E-state index contributed by atoms with van der Waals surface area (Å²) in [6, 6.07) is 0.788. The number of nitrogens with one attached hydrogen (secondary N) is 1. The Morgan fingerprint density at radius 3 is 2.71 bits per heavy atom. The number of hydrogen-bond donors (Lipinski definition) is 1. The molecule has 2 nitrogen and oxygen atoms in total. The molecular weight excluding hydrogens is 172 g/mol. The van der Waals surface area contributed by atoms with Gasteiger partial charge in [0.2, 0.25) is 0 Å². The van der Waals surface area contributed by atoms with Crippen LogP contribution in [0.1, 0.15) is 33.1 Å². The maximum Gasteiger partial charge on any atom is 0.0195 e. The fraction of sp³-hybridized carbons (Fsp3) is 1.00. The smallest absolute Gasteiger partial charge is 0.0195 e. The molecule has 0 spiro atoms. The van der Waals surface area contributed by atoms with Gasteiger partial charge < -0.3 is 10.2 Å². The summed E-state index contributed by atoms with van der Waals surface area (Å²) in [7, 11) is 0. The van der Waals surface area contributed by atoms with Gasteiger partial charge in [-0.05, 0) is 44.2 Å². The van der Waals surface area contributed by atoms with Gasteiger partial charge in [-0.25, -0.2) is 0 Å². The van der Waals surface area contributed by atoms with Gasteiger partial charge in [0.1, 0.15) is 0 Å². The fourth-order valence-corrected chi connectivity index (χ4v) is 2.74. The van der Waals surface area contributed by atoms with Crippen molar-refractivity contribution < 1.29 is 0 Å². The molecule has 0 aromatic rings. The van der Waals surface area contributed by atoms with Crippen molar-refractivity contribution in [3.63, 3.8) is 0 Å². The van der Waals surface area contributed by atoms with Gasteiger partial charge in [-0.1, -0.05) is 13.8 Å². The van der Waals surface area contributed by atoms with Crippen LogP contribution in [0.3, 0.4) is 0 Å². The monoisotopic (exact) mass is 196 g/mol.